The van der Waals surface area contributed by atoms with Gasteiger partial charge in [0.05, 0.1) is 0 Å². The summed E-state index contributed by atoms with van der Waals surface area (Å²) in [5, 5.41) is 0. The molecule has 0 aromatic rings. The fraction of sp³-hybridized carbons (Fsp3) is 1.00. The van der Waals surface area contributed by atoms with E-state index in [1.54, 1.807) is 0 Å². The predicted octanol–water partition coefficient (Wildman–Crippen LogP) is 8.10. The molecule has 0 heterocycles. The Morgan fingerprint density at radius 3 is 0.652 bits per heavy atom. The van der Waals surface area contributed by atoms with Gasteiger partial charge in [-0.2, -0.15) is 0 Å². The minimum Gasteiger partial charge on any atom is -0.244 e. The van der Waals surface area contributed by atoms with Crippen molar-refractivity contribution < 1.29 is 79.0 Å². The van der Waals surface area contributed by atoms with Gasteiger partial charge in [-0.15, -0.1) is 0 Å². The van der Waals surface area contributed by atoms with E-state index in [1.807, 2.05) is 0 Å². The standard InChI is InChI=1S/C28H32F18/c1-3-4(2)11(29)19(37)12(30)5(3)6(8-13(31)20(38)26(44)21(39)14(8)32)7(9-15(33)22(40)27(45)23(41)16(9)34)10-17(35)24(42)28(46)25(43)18(10)36/h3-28H,1-2H3. The zero-order valence-corrected chi connectivity index (χ0v) is 23.8. The Bertz CT molecular complexity index is 807. The lowest BCUT2D eigenvalue weighted by Gasteiger charge is -2.57. The highest BCUT2D eigenvalue weighted by atomic mass is 19.2. The smallest absolute Gasteiger partial charge is 0.168 e. The van der Waals surface area contributed by atoms with E-state index < -0.39 is 158 Å². The Morgan fingerprint density at radius 1 is 0.217 bits per heavy atom. The minimum absolute atomic E-state index is 0.800. The molecule has 4 rings (SSSR count). The van der Waals surface area contributed by atoms with Crippen molar-refractivity contribution in [3.8, 4) is 0 Å². The van der Waals surface area contributed by atoms with Crippen LogP contribution in [0.3, 0.4) is 0 Å². The lowest BCUT2D eigenvalue weighted by Crippen LogP contribution is -2.67. The van der Waals surface area contributed by atoms with Gasteiger partial charge in [-0.05, 0) is 29.6 Å². The van der Waals surface area contributed by atoms with Crippen LogP contribution in [-0.4, -0.2) is 111 Å². The summed E-state index contributed by atoms with van der Waals surface area (Å²) in [4.78, 5) is 0. The fourth-order valence-corrected chi connectivity index (χ4v) is 8.37. The van der Waals surface area contributed by atoms with Gasteiger partial charge in [0, 0.05) is 17.8 Å². The van der Waals surface area contributed by atoms with E-state index >= 15 is 35.1 Å². The van der Waals surface area contributed by atoms with E-state index in [4.69, 9.17) is 0 Å². The summed E-state index contributed by atoms with van der Waals surface area (Å²) < 4.78 is 270. The normalized spacial score (nSPS) is 60.0. The zero-order valence-electron chi connectivity index (χ0n) is 23.8. The van der Waals surface area contributed by atoms with Gasteiger partial charge in [-0.25, -0.2) is 79.0 Å². The molecule has 0 bridgehead atoms. The third-order valence-electron chi connectivity index (χ3n) is 11.0. The molecule has 18 heteroatoms. The maximum absolute atomic E-state index is 15.8. The summed E-state index contributed by atoms with van der Waals surface area (Å²) >= 11 is 0. The van der Waals surface area contributed by atoms with Gasteiger partial charge in [0.15, 0.2) is 61.7 Å². The van der Waals surface area contributed by atoms with Gasteiger partial charge in [-0.3, -0.25) is 0 Å². The summed E-state index contributed by atoms with van der Waals surface area (Å²) in [6.45, 7) is 1.65. The molecular weight excluding hydrogens is 678 g/mol. The highest BCUT2D eigenvalue weighted by molar-refractivity contribution is 5.15. The van der Waals surface area contributed by atoms with Crippen molar-refractivity contribution in [2.45, 2.75) is 125 Å². The van der Waals surface area contributed by atoms with Crippen LogP contribution in [0.15, 0.2) is 0 Å². The molecule has 0 saturated heterocycles. The molecule has 4 aliphatic rings. The molecule has 0 aliphatic heterocycles. The molecule has 0 amide bonds. The molecule has 0 N–H and O–H groups in total. The van der Waals surface area contributed by atoms with Crippen LogP contribution in [0.25, 0.3) is 0 Å². The molecule has 0 nitrogen and oxygen atoms in total. The van der Waals surface area contributed by atoms with Crippen LogP contribution in [0.4, 0.5) is 79.0 Å². The van der Waals surface area contributed by atoms with E-state index in [0.717, 1.165) is 13.8 Å². The van der Waals surface area contributed by atoms with Crippen LogP contribution >= 0.6 is 0 Å². The number of hydrogen-bond acceptors (Lipinski definition) is 0. The van der Waals surface area contributed by atoms with Crippen LogP contribution in [-0.2, 0) is 0 Å². The highest BCUT2D eigenvalue weighted by Gasteiger charge is 2.69. The molecule has 46 heavy (non-hydrogen) atoms. The molecule has 4 fully saturated rings. The van der Waals surface area contributed by atoms with Crippen molar-refractivity contribution in [2.24, 2.45) is 47.3 Å². The Balaban J connectivity index is 2.06. The first-order chi connectivity index (χ1) is 21.2. The van der Waals surface area contributed by atoms with E-state index in [0.29, 0.717) is 0 Å². The summed E-state index contributed by atoms with van der Waals surface area (Å²) in [6.07, 6.45) is -65.8. The monoisotopic (exact) mass is 710 g/mol. The lowest BCUT2D eigenvalue weighted by molar-refractivity contribution is -0.207. The first-order valence-corrected chi connectivity index (χ1v) is 14.7. The van der Waals surface area contributed by atoms with E-state index in [2.05, 4.69) is 0 Å². The maximum Gasteiger partial charge on any atom is 0.168 e. The van der Waals surface area contributed by atoms with Crippen LogP contribution in [0, 0.1) is 47.3 Å². The van der Waals surface area contributed by atoms with Gasteiger partial charge < -0.3 is 0 Å². The first-order valence-electron chi connectivity index (χ1n) is 14.7. The second kappa shape index (κ2) is 13.6. The van der Waals surface area contributed by atoms with Crippen molar-refractivity contribution in [1.29, 1.82) is 0 Å². The van der Waals surface area contributed by atoms with Crippen molar-refractivity contribution >= 4 is 0 Å². The Kier molecular flexibility index (Phi) is 11.1. The molecular formula is C28H32F18. The van der Waals surface area contributed by atoms with Gasteiger partial charge in [0.2, 0.25) is 0 Å². The van der Waals surface area contributed by atoms with Crippen LogP contribution in [0.5, 0.6) is 0 Å². The summed E-state index contributed by atoms with van der Waals surface area (Å²) in [5.41, 5.74) is 0. The average Bonchev–Trinajstić information content (AvgIpc) is 3.03. The Morgan fingerprint density at radius 2 is 0.391 bits per heavy atom. The lowest BCUT2D eigenvalue weighted by atomic mass is 9.50. The minimum atomic E-state index is -3.83. The van der Waals surface area contributed by atoms with E-state index in [9.17, 15) is 43.9 Å². The maximum atomic E-state index is 15.8. The molecule has 0 aromatic carbocycles. The summed E-state index contributed by atoms with van der Waals surface area (Å²) in [5.74, 6) is -23.4. The first kappa shape index (κ1) is 37.6. The van der Waals surface area contributed by atoms with Crippen molar-refractivity contribution in [3.63, 3.8) is 0 Å². The molecule has 4 aliphatic carbocycles. The molecule has 19 unspecified atom stereocenters. The van der Waals surface area contributed by atoms with Crippen molar-refractivity contribution in [1.82, 2.24) is 0 Å². The van der Waals surface area contributed by atoms with Crippen LogP contribution < -0.4 is 0 Å². The van der Waals surface area contributed by atoms with E-state index in [1.165, 1.54) is 0 Å². The van der Waals surface area contributed by atoms with Gasteiger partial charge in [0.1, 0.15) is 49.4 Å². The molecule has 19 atom stereocenters. The second-order valence-electron chi connectivity index (χ2n) is 13.2. The molecule has 0 aromatic heterocycles. The predicted molar refractivity (Wildman–Crippen MR) is 127 cm³/mol. The number of halogens is 18. The SMILES string of the molecule is CC1C(C)C(C(C2C(F)C(F)C(F)C(F)C2F)C(C2C(F)C(F)C(F)C(F)C2F)C2C(F)C(F)C(F)C(F)C2F)C(F)C(F)C1F. The van der Waals surface area contributed by atoms with Crippen molar-refractivity contribution in [3.05, 3.63) is 0 Å². The molecule has 4 saturated carbocycles. The van der Waals surface area contributed by atoms with Crippen molar-refractivity contribution in [2.75, 3.05) is 0 Å². The number of rotatable bonds is 5. The van der Waals surface area contributed by atoms with Gasteiger partial charge in [0.25, 0.3) is 0 Å². The largest absolute Gasteiger partial charge is 0.244 e. The average molecular weight is 711 g/mol. The van der Waals surface area contributed by atoms with Crippen LogP contribution in [0.1, 0.15) is 13.8 Å². The molecule has 270 valence electrons. The van der Waals surface area contributed by atoms with Crippen LogP contribution in [0.2, 0.25) is 0 Å². The fourth-order valence-electron chi connectivity index (χ4n) is 8.37. The summed E-state index contributed by atoms with van der Waals surface area (Å²) in [6, 6.07) is 0. The number of hydrogen-bond donors (Lipinski definition) is 0. The number of alkyl halides is 18. The third kappa shape index (κ3) is 5.66. The Labute approximate surface area is 252 Å². The third-order valence-corrected chi connectivity index (χ3v) is 11.0. The second-order valence-corrected chi connectivity index (χ2v) is 13.2. The highest BCUT2D eigenvalue weighted by Crippen LogP contribution is 2.59. The topological polar surface area (TPSA) is 0 Å². The zero-order chi connectivity index (χ0) is 35.0. The summed E-state index contributed by atoms with van der Waals surface area (Å²) in [7, 11) is 0. The Hall–Kier alpha value is -1.26. The quantitative estimate of drug-likeness (QED) is 0.253. The van der Waals surface area contributed by atoms with Gasteiger partial charge in [-0.1, -0.05) is 13.8 Å². The van der Waals surface area contributed by atoms with E-state index in [-0.39, 0.29) is 0 Å². The van der Waals surface area contributed by atoms with Gasteiger partial charge >= 0.3 is 0 Å². The molecule has 0 radical (unpaired) electrons. The molecule has 0 spiro atoms.